The number of hydrogen-bond acceptors (Lipinski definition) is 3. The van der Waals surface area contributed by atoms with Gasteiger partial charge in [-0.2, -0.15) is 0 Å². The molecule has 1 saturated heterocycles. The van der Waals surface area contributed by atoms with E-state index in [0.717, 1.165) is 12.0 Å². The molecule has 0 aromatic heterocycles. The van der Waals surface area contributed by atoms with Crippen LogP contribution in [0.3, 0.4) is 0 Å². The zero-order valence-corrected chi connectivity index (χ0v) is 11.8. The fraction of sp³-hybridized carbons (Fsp3) is 0.467. The molecule has 1 aromatic rings. The number of anilines is 1. The average Bonchev–Trinajstić information content (AvgIpc) is 2.87. The molecule has 5 nitrogen and oxygen atoms in total. The molecule has 0 saturated carbocycles. The number of amides is 1. The standard InChI is InChI=1S/C15H20N2O3/c1-15(2,10-5-7-11(16)8-6-10)14(20)17-9-3-4-12(17)13(18)19/h5-8,12H,3-4,9,16H2,1-2H3,(H,18,19)/t12-/m0/s1. The number of aliphatic carboxylic acids is 1. The van der Waals surface area contributed by atoms with Crippen molar-refractivity contribution < 1.29 is 14.7 Å². The van der Waals surface area contributed by atoms with E-state index < -0.39 is 17.4 Å². The van der Waals surface area contributed by atoms with Gasteiger partial charge in [0, 0.05) is 12.2 Å². The summed E-state index contributed by atoms with van der Waals surface area (Å²) in [6.45, 7) is 4.14. The number of carboxylic acids is 1. The molecule has 2 rings (SSSR count). The third kappa shape index (κ3) is 2.48. The number of hydrogen-bond donors (Lipinski definition) is 2. The monoisotopic (exact) mass is 276 g/mol. The Hall–Kier alpha value is -2.04. The van der Waals surface area contributed by atoms with Gasteiger partial charge in [-0.1, -0.05) is 12.1 Å². The second-order valence-electron chi connectivity index (χ2n) is 5.74. The fourth-order valence-electron chi connectivity index (χ4n) is 2.65. The summed E-state index contributed by atoms with van der Waals surface area (Å²) in [5.41, 5.74) is 6.38. The summed E-state index contributed by atoms with van der Waals surface area (Å²) in [5, 5.41) is 9.19. The quantitative estimate of drug-likeness (QED) is 0.822. The van der Waals surface area contributed by atoms with E-state index in [0.29, 0.717) is 18.7 Å². The van der Waals surface area contributed by atoms with Crippen molar-refractivity contribution >= 4 is 17.6 Å². The van der Waals surface area contributed by atoms with Crippen LogP contribution in [0.5, 0.6) is 0 Å². The van der Waals surface area contributed by atoms with Gasteiger partial charge in [-0.05, 0) is 44.4 Å². The molecule has 1 amide bonds. The molecule has 108 valence electrons. The van der Waals surface area contributed by atoms with Crippen molar-refractivity contribution in [1.82, 2.24) is 4.90 Å². The largest absolute Gasteiger partial charge is 0.480 e. The van der Waals surface area contributed by atoms with Gasteiger partial charge in [-0.15, -0.1) is 0 Å². The summed E-state index contributed by atoms with van der Waals surface area (Å²) in [6.07, 6.45) is 1.26. The zero-order valence-electron chi connectivity index (χ0n) is 11.8. The van der Waals surface area contributed by atoms with Gasteiger partial charge < -0.3 is 15.7 Å². The summed E-state index contributed by atoms with van der Waals surface area (Å²) in [5.74, 6) is -1.07. The van der Waals surface area contributed by atoms with E-state index >= 15 is 0 Å². The van der Waals surface area contributed by atoms with Gasteiger partial charge in [0.2, 0.25) is 5.91 Å². The van der Waals surface area contributed by atoms with Crippen molar-refractivity contribution in [2.45, 2.75) is 38.1 Å². The predicted octanol–water partition coefficient (Wildman–Crippen LogP) is 1.62. The molecule has 1 aliphatic rings. The first-order valence-corrected chi connectivity index (χ1v) is 6.74. The van der Waals surface area contributed by atoms with Crippen molar-refractivity contribution in [3.05, 3.63) is 29.8 Å². The fourth-order valence-corrected chi connectivity index (χ4v) is 2.65. The smallest absolute Gasteiger partial charge is 0.326 e. The second-order valence-corrected chi connectivity index (χ2v) is 5.74. The van der Waals surface area contributed by atoms with Crippen LogP contribution >= 0.6 is 0 Å². The first-order chi connectivity index (χ1) is 9.34. The first-order valence-electron chi connectivity index (χ1n) is 6.74. The highest BCUT2D eigenvalue weighted by molar-refractivity contribution is 5.91. The Morgan fingerprint density at radius 2 is 1.90 bits per heavy atom. The number of carboxylic acid groups (broad SMARTS) is 1. The van der Waals surface area contributed by atoms with E-state index in [2.05, 4.69) is 0 Å². The number of carbonyl (C=O) groups is 2. The molecule has 0 bridgehead atoms. The summed E-state index contributed by atoms with van der Waals surface area (Å²) in [4.78, 5) is 25.4. The number of nitrogens with zero attached hydrogens (tertiary/aromatic N) is 1. The van der Waals surface area contributed by atoms with Crippen molar-refractivity contribution in [2.75, 3.05) is 12.3 Å². The minimum Gasteiger partial charge on any atom is -0.480 e. The van der Waals surface area contributed by atoms with Crippen molar-refractivity contribution in [2.24, 2.45) is 0 Å². The molecule has 0 aliphatic carbocycles. The Labute approximate surface area is 118 Å². The van der Waals surface area contributed by atoms with Gasteiger partial charge in [0.1, 0.15) is 6.04 Å². The summed E-state index contributed by atoms with van der Waals surface area (Å²) in [6, 6.07) is 6.44. The summed E-state index contributed by atoms with van der Waals surface area (Å²) < 4.78 is 0. The summed E-state index contributed by atoms with van der Waals surface area (Å²) >= 11 is 0. The normalized spacial score (nSPS) is 19.1. The van der Waals surface area contributed by atoms with Crippen LogP contribution in [0.2, 0.25) is 0 Å². The van der Waals surface area contributed by atoms with Gasteiger partial charge in [0.15, 0.2) is 0 Å². The Bertz CT molecular complexity index is 522. The number of nitrogen functional groups attached to an aromatic ring is 1. The van der Waals surface area contributed by atoms with Gasteiger partial charge in [-0.3, -0.25) is 4.79 Å². The van der Waals surface area contributed by atoms with E-state index in [1.807, 2.05) is 26.0 Å². The molecule has 1 aliphatic heterocycles. The molecule has 1 atom stereocenters. The highest BCUT2D eigenvalue weighted by Gasteiger charge is 2.41. The molecule has 1 aromatic carbocycles. The van der Waals surface area contributed by atoms with Gasteiger partial charge >= 0.3 is 5.97 Å². The molecule has 20 heavy (non-hydrogen) atoms. The number of benzene rings is 1. The molecular weight excluding hydrogens is 256 g/mol. The van der Waals surface area contributed by atoms with E-state index in [1.165, 1.54) is 4.90 Å². The lowest BCUT2D eigenvalue weighted by Crippen LogP contribution is -2.48. The van der Waals surface area contributed by atoms with Gasteiger partial charge in [-0.25, -0.2) is 4.79 Å². The molecule has 1 fully saturated rings. The van der Waals surface area contributed by atoms with E-state index in [9.17, 15) is 14.7 Å². The van der Waals surface area contributed by atoms with Crippen LogP contribution in [0.4, 0.5) is 5.69 Å². The molecule has 3 N–H and O–H groups in total. The predicted molar refractivity (Wildman–Crippen MR) is 76.3 cm³/mol. The van der Waals surface area contributed by atoms with Crippen LogP contribution in [0.25, 0.3) is 0 Å². The number of carbonyl (C=O) groups excluding carboxylic acids is 1. The van der Waals surface area contributed by atoms with E-state index in [-0.39, 0.29) is 5.91 Å². The lowest BCUT2D eigenvalue weighted by molar-refractivity contribution is -0.150. The van der Waals surface area contributed by atoms with Crippen molar-refractivity contribution in [3.8, 4) is 0 Å². The van der Waals surface area contributed by atoms with E-state index in [1.54, 1.807) is 12.1 Å². The van der Waals surface area contributed by atoms with Crippen LogP contribution in [0.15, 0.2) is 24.3 Å². The third-order valence-corrected chi connectivity index (χ3v) is 3.97. The Morgan fingerprint density at radius 3 is 2.45 bits per heavy atom. The lowest BCUT2D eigenvalue weighted by Gasteiger charge is -2.32. The maximum Gasteiger partial charge on any atom is 0.326 e. The average molecular weight is 276 g/mol. The highest BCUT2D eigenvalue weighted by atomic mass is 16.4. The lowest BCUT2D eigenvalue weighted by atomic mass is 9.83. The van der Waals surface area contributed by atoms with E-state index in [4.69, 9.17) is 5.73 Å². The molecule has 0 spiro atoms. The molecule has 1 heterocycles. The molecule has 5 heteroatoms. The van der Waals surface area contributed by atoms with Crippen molar-refractivity contribution in [3.63, 3.8) is 0 Å². The Balaban J connectivity index is 2.26. The minimum atomic E-state index is -0.927. The van der Waals surface area contributed by atoms with Crippen LogP contribution in [0.1, 0.15) is 32.3 Å². The SMILES string of the molecule is CC(C)(C(=O)N1CCC[C@H]1C(=O)O)c1ccc(N)cc1. The van der Waals surface area contributed by atoms with Gasteiger partial charge in [0.25, 0.3) is 0 Å². The van der Waals surface area contributed by atoms with Crippen LogP contribution in [-0.4, -0.2) is 34.5 Å². The molecule has 0 radical (unpaired) electrons. The topological polar surface area (TPSA) is 83.6 Å². The minimum absolute atomic E-state index is 0.146. The molecule has 0 unspecified atom stereocenters. The maximum absolute atomic E-state index is 12.7. The Kier molecular flexibility index (Phi) is 3.70. The second kappa shape index (κ2) is 5.15. The van der Waals surface area contributed by atoms with Crippen molar-refractivity contribution in [1.29, 1.82) is 0 Å². The highest BCUT2D eigenvalue weighted by Crippen LogP contribution is 2.30. The number of nitrogens with two attached hydrogens (primary N) is 1. The third-order valence-electron chi connectivity index (χ3n) is 3.97. The number of rotatable bonds is 3. The van der Waals surface area contributed by atoms with Crippen LogP contribution in [-0.2, 0) is 15.0 Å². The first kappa shape index (κ1) is 14.4. The summed E-state index contributed by atoms with van der Waals surface area (Å²) in [7, 11) is 0. The van der Waals surface area contributed by atoms with Crippen LogP contribution < -0.4 is 5.73 Å². The van der Waals surface area contributed by atoms with Crippen LogP contribution in [0, 0.1) is 0 Å². The Morgan fingerprint density at radius 1 is 1.30 bits per heavy atom. The zero-order chi connectivity index (χ0) is 14.9. The number of likely N-dealkylation sites (tertiary alicyclic amines) is 1. The maximum atomic E-state index is 12.7. The van der Waals surface area contributed by atoms with Gasteiger partial charge in [0.05, 0.1) is 5.41 Å². The molecular formula is C15H20N2O3.